The number of fused-ring (bicyclic) bond motifs is 1. The highest BCUT2D eigenvalue weighted by atomic mass is 35.5. The first-order valence-corrected chi connectivity index (χ1v) is 8.39. The van der Waals surface area contributed by atoms with E-state index in [2.05, 4.69) is 44.6 Å². The quantitative estimate of drug-likeness (QED) is 0.708. The normalized spacial score (nSPS) is 10.9. The van der Waals surface area contributed by atoms with Gasteiger partial charge in [-0.1, -0.05) is 23.7 Å². The zero-order chi connectivity index (χ0) is 13.9. The van der Waals surface area contributed by atoms with Gasteiger partial charge >= 0.3 is 0 Å². The molecule has 6 heteroatoms. The van der Waals surface area contributed by atoms with E-state index in [0.717, 1.165) is 16.7 Å². The molecule has 0 amide bonds. The number of halogens is 1. The monoisotopic (exact) mass is 321 g/mol. The van der Waals surface area contributed by atoms with Gasteiger partial charge in [-0.05, 0) is 36.1 Å². The number of thioether (sulfide) groups is 1. The maximum atomic E-state index is 6.25. The number of rotatable bonds is 4. The van der Waals surface area contributed by atoms with Crippen LogP contribution in [-0.4, -0.2) is 15.0 Å². The van der Waals surface area contributed by atoms with Crippen LogP contribution in [0.2, 0.25) is 5.02 Å². The van der Waals surface area contributed by atoms with E-state index in [1.165, 1.54) is 22.2 Å². The average molecular weight is 322 g/mol. The highest BCUT2D eigenvalue weighted by molar-refractivity contribution is 7.98. The molecule has 0 aliphatic heterocycles. The van der Waals surface area contributed by atoms with E-state index in [0.29, 0.717) is 11.6 Å². The van der Waals surface area contributed by atoms with E-state index in [1.54, 1.807) is 11.8 Å². The minimum absolute atomic E-state index is 0.672. The predicted molar refractivity (Wildman–Crippen MR) is 88.0 cm³/mol. The summed E-state index contributed by atoms with van der Waals surface area (Å²) < 4.78 is 8.53. The van der Waals surface area contributed by atoms with Crippen molar-refractivity contribution in [3.63, 3.8) is 0 Å². The van der Waals surface area contributed by atoms with Crippen molar-refractivity contribution in [1.82, 2.24) is 8.75 Å². The van der Waals surface area contributed by atoms with E-state index < -0.39 is 0 Å². The molecule has 0 bridgehead atoms. The lowest BCUT2D eigenvalue weighted by atomic mass is 10.2. The molecular weight excluding hydrogens is 310 g/mol. The molecule has 1 aromatic heterocycles. The first kappa shape index (κ1) is 13.7. The Morgan fingerprint density at radius 1 is 1.15 bits per heavy atom. The summed E-state index contributed by atoms with van der Waals surface area (Å²) in [7, 11) is 0. The number of nitrogens with one attached hydrogen (secondary N) is 1. The number of nitrogens with zero attached hydrogens (tertiary/aromatic N) is 2. The van der Waals surface area contributed by atoms with Crippen molar-refractivity contribution in [2.75, 3.05) is 11.6 Å². The number of benzene rings is 2. The molecule has 3 rings (SSSR count). The Morgan fingerprint density at radius 2 is 1.95 bits per heavy atom. The summed E-state index contributed by atoms with van der Waals surface area (Å²) >= 11 is 9.19. The molecule has 2 aromatic carbocycles. The molecule has 3 aromatic rings. The third-order valence-corrected chi connectivity index (χ3v) is 4.61. The van der Waals surface area contributed by atoms with Gasteiger partial charge in [0, 0.05) is 11.4 Å². The molecule has 0 saturated heterocycles. The summed E-state index contributed by atoms with van der Waals surface area (Å²) in [6.07, 6.45) is 2.07. The van der Waals surface area contributed by atoms with Crippen molar-refractivity contribution in [3.05, 3.63) is 47.0 Å². The van der Waals surface area contributed by atoms with Gasteiger partial charge < -0.3 is 5.32 Å². The zero-order valence-corrected chi connectivity index (χ0v) is 13.1. The van der Waals surface area contributed by atoms with E-state index in [4.69, 9.17) is 11.6 Å². The highest BCUT2D eigenvalue weighted by Crippen LogP contribution is 2.30. The molecule has 20 heavy (non-hydrogen) atoms. The zero-order valence-electron chi connectivity index (χ0n) is 10.8. The van der Waals surface area contributed by atoms with Gasteiger partial charge in [-0.3, -0.25) is 0 Å². The summed E-state index contributed by atoms with van der Waals surface area (Å²) in [5, 5.41) is 4.03. The summed E-state index contributed by atoms with van der Waals surface area (Å²) in [6.45, 7) is 0.713. The lowest BCUT2D eigenvalue weighted by Gasteiger charge is -2.09. The first-order valence-electron chi connectivity index (χ1n) is 6.05. The molecule has 3 nitrogen and oxygen atoms in total. The minimum atomic E-state index is 0.672. The van der Waals surface area contributed by atoms with Crippen molar-refractivity contribution in [3.8, 4) is 0 Å². The summed E-state index contributed by atoms with van der Waals surface area (Å²) in [5.41, 5.74) is 3.77. The van der Waals surface area contributed by atoms with Crippen molar-refractivity contribution < 1.29 is 0 Å². The molecule has 0 unspecified atom stereocenters. The van der Waals surface area contributed by atoms with Gasteiger partial charge in [-0.25, -0.2) is 0 Å². The van der Waals surface area contributed by atoms with Crippen LogP contribution in [-0.2, 0) is 6.54 Å². The fraction of sp³-hybridized carbons (Fsp3) is 0.143. The number of hydrogen-bond acceptors (Lipinski definition) is 5. The third kappa shape index (κ3) is 2.75. The summed E-state index contributed by atoms with van der Waals surface area (Å²) in [5.74, 6) is 0. The summed E-state index contributed by atoms with van der Waals surface area (Å²) in [4.78, 5) is 1.26. The van der Waals surface area contributed by atoms with Crippen LogP contribution in [0, 0.1) is 0 Å². The van der Waals surface area contributed by atoms with Crippen molar-refractivity contribution in [1.29, 1.82) is 0 Å². The molecule has 102 valence electrons. The molecule has 0 aliphatic rings. The minimum Gasteiger partial charge on any atom is -0.378 e. The lowest BCUT2D eigenvalue weighted by molar-refractivity contribution is 1.14. The smallest absolute Gasteiger partial charge is 0.129 e. The van der Waals surface area contributed by atoms with Gasteiger partial charge in [0.05, 0.1) is 22.4 Å². The van der Waals surface area contributed by atoms with Crippen LogP contribution in [0.4, 0.5) is 5.69 Å². The Morgan fingerprint density at radius 3 is 2.70 bits per heavy atom. The van der Waals surface area contributed by atoms with Crippen LogP contribution < -0.4 is 5.32 Å². The average Bonchev–Trinajstić information content (AvgIpc) is 2.95. The van der Waals surface area contributed by atoms with Crippen molar-refractivity contribution in [2.24, 2.45) is 0 Å². The van der Waals surface area contributed by atoms with Gasteiger partial charge in [0.25, 0.3) is 0 Å². The summed E-state index contributed by atoms with van der Waals surface area (Å²) in [6, 6.07) is 12.2. The molecule has 0 saturated carbocycles. The molecule has 1 heterocycles. The number of hydrogen-bond donors (Lipinski definition) is 1. The Balaban J connectivity index is 1.82. The van der Waals surface area contributed by atoms with Crippen LogP contribution in [0.3, 0.4) is 0 Å². The molecule has 0 atom stereocenters. The predicted octanol–water partition coefficient (Wildman–Crippen LogP) is 4.68. The second kappa shape index (κ2) is 5.99. The van der Waals surface area contributed by atoms with Crippen LogP contribution in [0.1, 0.15) is 5.56 Å². The van der Waals surface area contributed by atoms with Gasteiger partial charge in [0.1, 0.15) is 11.0 Å². The van der Waals surface area contributed by atoms with Crippen LogP contribution >= 0.6 is 35.1 Å². The standard InChI is InChI=1S/C14H12ClN3S2/c1-19-10-4-2-9(3-5-10)8-16-13-11(15)6-7-12-14(13)18-20-17-12/h2-7,16H,8H2,1H3. The molecule has 0 radical (unpaired) electrons. The fourth-order valence-electron chi connectivity index (χ4n) is 1.93. The second-order valence-electron chi connectivity index (χ2n) is 4.26. The molecule has 0 spiro atoms. The Bertz CT molecular complexity index is 725. The fourth-order valence-corrected chi connectivity index (χ4v) is 3.10. The van der Waals surface area contributed by atoms with Gasteiger partial charge in [-0.2, -0.15) is 8.75 Å². The van der Waals surface area contributed by atoms with E-state index in [-0.39, 0.29) is 0 Å². The van der Waals surface area contributed by atoms with Gasteiger partial charge in [-0.15, -0.1) is 11.8 Å². The van der Waals surface area contributed by atoms with Crippen molar-refractivity contribution >= 4 is 51.8 Å². The highest BCUT2D eigenvalue weighted by Gasteiger charge is 2.09. The van der Waals surface area contributed by atoms with Gasteiger partial charge in [0.15, 0.2) is 0 Å². The van der Waals surface area contributed by atoms with Crippen LogP contribution in [0.25, 0.3) is 11.0 Å². The Labute approximate surface area is 130 Å². The van der Waals surface area contributed by atoms with E-state index in [1.807, 2.05) is 12.1 Å². The topological polar surface area (TPSA) is 37.8 Å². The first-order chi connectivity index (χ1) is 9.78. The van der Waals surface area contributed by atoms with Gasteiger partial charge in [0.2, 0.25) is 0 Å². The van der Waals surface area contributed by atoms with Crippen LogP contribution in [0.5, 0.6) is 0 Å². The molecule has 1 N–H and O–H groups in total. The molecule has 0 fully saturated rings. The molecule has 0 aliphatic carbocycles. The van der Waals surface area contributed by atoms with E-state index >= 15 is 0 Å². The Hall–Kier alpha value is -1.30. The van der Waals surface area contributed by atoms with Crippen molar-refractivity contribution in [2.45, 2.75) is 11.4 Å². The second-order valence-corrected chi connectivity index (χ2v) is 6.07. The maximum Gasteiger partial charge on any atom is 0.129 e. The van der Waals surface area contributed by atoms with E-state index in [9.17, 15) is 0 Å². The maximum absolute atomic E-state index is 6.25. The lowest BCUT2D eigenvalue weighted by Crippen LogP contribution is -2.00. The van der Waals surface area contributed by atoms with Crippen LogP contribution in [0.15, 0.2) is 41.3 Å². The number of anilines is 1. The molecular formula is C14H12ClN3S2. The Kier molecular flexibility index (Phi) is 4.10. The third-order valence-electron chi connectivity index (χ3n) is 3.01. The SMILES string of the molecule is CSc1ccc(CNc2c(Cl)ccc3nsnc23)cc1. The number of aromatic nitrogens is 2. The largest absolute Gasteiger partial charge is 0.378 e.